The van der Waals surface area contributed by atoms with E-state index in [1.165, 1.54) is 23.1 Å². The van der Waals surface area contributed by atoms with E-state index in [1.807, 2.05) is 0 Å². The number of hydrogen-bond acceptors (Lipinski definition) is 6. The molecule has 28 heavy (non-hydrogen) atoms. The molecule has 0 spiro atoms. The number of carbonyl (C=O) groups is 1. The van der Waals surface area contributed by atoms with Crippen LogP contribution in [-0.2, 0) is 17.9 Å². The first kappa shape index (κ1) is 17.8. The average molecular weight is 400 g/mol. The molecule has 0 atom stereocenters. The lowest BCUT2D eigenvalue weighted by Gasteiger charge is -2.04. The first-order valence-electron chi connectivity index (χ1n) is 8.27. The molecule has 0 aliphatic heterocycles. The molecule has 4 aromatic rings. The summed E-state index contributed by atoms with van der Waals surface area (Å²) in [7, 11) is 0. The Hall–Kier alpha value is -3.59. The molecule has 0 aliphatic rings. The van der Waals surface area contributed by atoms with E-state index < -0.39 is 5.69 Å². The maximum Gasteiger partial charge on any atom is 0.351 e. The molecule has 142 valence electrons. The Morgan fingerprint density at radius 3 is 2.96 bits per heavy atom. The van der Waals surface area contributed by atoms with Gasteiger partial charge in [0, 0.05) is 17.4 Å². The van der Waals surface area contributed by atoms with Gasteiger partial charge in [-0.2, -0.15) is 0 Å². The molecule has 1 N–H and O–H groups in total. The van der Waals surface area contributed by atoms with Crippen LogP contribution < -0.4 is 15.7 Å². The molecule has 0 fully saturated rings. The van der Waals surface area contributed by atoms with Crippen molar-refractivity contribution in [2.24, 2.45) is 0 Å². The molecule has 1 amide bonds. The molecule has 0 saturated heterocycles. The van der Waals surface area contributed by atoms with Crippen molar-refractivity contribution in [2.45, 2.75) is 13.1 Å². The summed E-state index contributed by atoms with van der Waals surface area (Å²) in [4.78, 5) is 28.8. The summed E-state index contributed by atoms with van der Waals surface area (Å²) in [5.74, 6) is 0.798. The number of halogens is 1. The average Bonchev–Trinajstić information content (AvgIpc) is 3.30. The number of nitrogens with one attached hydrogen (secondary N) is 1. The van der Waals surface area contributed by atoms with Gasteiger partial charge in [-0.15, -0.1) is 5.10 Å². The van der Waals surface area contributed by atoms with E-state index in [1.54, 1.807) is 36.4 Å². The summed E-state index contributed by atoms with van der Waals surface area (Å²) in [6.07, 6.45) is 4.38. The van der Waals surface area contributed by atoms with E-state index in [-0.39, 0.29) is 30.5 Å². The third-order valence-electron chi connectivity index (χ3n) is 3.81. The Labute approximate surface area is 163 Å². The molecular formula is C18H14ClN5O4. The number of ether oxygens (including phenoxy) is 1. The number of rotatable bonds is 6. The quantitative estimate of drug-likeness (QED) is 0.533. The van der Waals surface area contributed by atoms with Gasteiger partial charge in [0.25, 0.3) is 5.88 Å². The van der Waals surface area contributed by atoms with Gasteiger partial charge in [0.1, 0.15) is 18.1 Å². The Morgan fingerprint density at radius 1 is 1.29 bits per heavy atom. The van der Waals surface area contributed by atoms with Crippen LogP contribution in [0.3, 0.4) is 0 Å². The smallest absolute Gasteiger partial charge is 0.351 e. The fraction of sp³-hybridized carbons (Fsp3) is 0.111. The molecule has 10 heteroatoms. The molecule has 0 saturated carbocycles. The molecule has 0 radical (unpaired) electrons. The van der Waals surface area contributed by atoms with Gasteiger partial charge in [0.05, 0.1) is 12.8 Å². The zero-order valence-electron chi connectivity index (χ0n) is 14.4. The lowest BCUT2D eigenvalue weighted by atomic mass is 10.3. The molecule has 1 aromatic carbocycles. The van der Waals surface area contributed by atoms with Crippen LogP contribution in [0.25, 0.3) is 5.65 Å². The fourth-order valence-corrected chi connectivity index (χ4v) is 2.71. The van der Waals surface area contributed by atoms with Gasteiger partial charge in [0.15, 0.2) is 0 Å². The van der Waals surface area contributed by atoms with E-state index in [2.05, 4.69) is 15.4 Å². The van der Waals surface area contributed by atoms with Crippen LogP contribution in [-0.4, -0.2) is 25.1 Å². The molecule has 3 aromatic heterocycles. The molecule has 3 heterocycles. The minimum atomic E-state index is -0.485. The maximum atomic E-state index is 12.5. The van der Waals surface area contributed by atoms with E-state index in [0.29, 0.717) is 16.5 Å². The summed E-state index contributed by atoms with van der Waals surface area (Å²) in [5.41, 5.74) is -0.298. The van der Waals surface area contributed by atoms with Gasteiger partial charge in [0.2, 0.25) is 11.6 Å². The molecule has 4 rings (SSSR count). The van der Waals surface area contributed by atoms with Gasteiger partial charge >= 0.3 is 5.69 Å². The predicted molar refractivity (Wildman–Crippen MR) is 99.3 cm³/mol. The van der Waals surface area contributed by atoms with Crippen LogP contribution in [0.2, 0.25) is 5.02 Å². The molecule has 0 aliphatic carbocycles. The molecular weight excluding hydrogens is 386 g/mol. The number of benzene rings is 1. The van der Waals surface area contributed by atoms with Crippen LogP contribution in [0, 0.1) is 0 Å². The molecule has 0 unspecified atom stereocenters. The highest BCUT2D eigenvalue weighted by Crippen LogP contribution is 2.24. The lowest BCUT2D eigenvalue weighted by molar-refractivity contribution is -0.122. The largest absolute Gasteiger partial charge is 0.467 e. The number of carbonyl (C=O) groups excluding carboxylic acids is 1. The third kappa shape index (κ3) is 3.74. The van der Waals surface area contributed by atoms with Crippen LogP contribution in [0.15, 0.2) is 64.3 Å². The SMILES string of the molecule is O=C(Cn1nc2c(Oc3cccc(Cl)c3)nccn2c1=O)NCc1ccco1. The standard InChI is InChI=1S/C18H14ClN5O4/c19-12-3-1-4-13(9-12)28-17-16-22-24(18(26)23(16)7-6-20-17)11-15(25)21-10-14-5-2-8-27-14/h1-9H,10-11H2,(H,21,25). The van der Waals surface area contributed by atoms with E-state index in [4.69, 9.17) is 20.8 Å². The van der Waals surface area contributed by atoms with Crippen molar-refractivity contribution in [3.8, 4) is 11.6 Å². The highest BCUT2D eigenvalue weighted by molar-refractivity contribution is 6.30. The van der Waals surface area contributed by atoms with Crippen molar-refractivity contribution < 1.29 is 13.9 Å². The number of nitrogens with zero attached hydrogens (tertiary/aromatic N) is 4. The summed E-state index contributed by atoms with van der Waals surface area (Å²) in [6.45, 7) is -0.0313. The Bertz CT molecular complexity index is 1180. The van der Waals surface area contributed by atoms with Crippen LogP contribution >= 0.6 is 11.6 Å². The summed E-state index contributed by atoms with van der Waals surface area (Å²) < 4.78 is 13.1. The number of amides is 1. The van der Waals surface area contributed by atoms with Crippen molar-refractivity contribution in [1.82, 2.24) is 24.5 Å². The van der Waals surface area contributed by atoms with Crippen molar-refractivity contribution in [2.75, 3.05) is 0 Å². The monoisotopic (exact) mass is 399 g/mol. The highest BCUT2D eigenvalue weighted by atomic mass is 35.5. The van der Waals surface area contributed by atoms with E-state index in [0.717, 1.165) is 4.68 Å². The fourth-order valence-electron chi connectivity index (χ4n) is 2.53. The van der Waals surface area contributed by atoms with Gasteiger partial charge in [-0.1, -0.05) is 17.7 Å². The van der Waals surface area contributed by atoms with Crippen LogP contribution in [0.5, 0.6) is 11.6 Å². The van der Waals surface area contributed by atoms with Gasteiger partial charge in [-0.05, 0) is 30.3 Å². The topological polar surface area (TPSA) is 104 Å². The van der Waals surface area contributed by atoms with Crippen molar-refractivity contribution in [3.05, 3.63) is 76.3 Å². The summed E-state index contributed by atoms with van der Waals surface area (Å²) in [5, 5.41) is 7.34. The second-order valence-electron chi connectivity index (χ2n) is 5.78. The minimum Gasteiger partial charge on any atom is -0.467 e. The van der Waals surface area contributed by atoms with E-state index >= 15 is 0 Å². The predicted octanol–water partition coefficient (Wildman–Crippen LogP) is 2.25. The maximum absolute atomic E-state index is 12.5. The van der Waals surface area contributed by atoms with Crippen molar-refractivity contribution >= 4 is 23.2 Å². The normalized spacial score (nSPS) is 10.9. The summed E-state index contributed by atoms with van der Waals surface area (Å²) in [6, 6.07) is 10.2. The van der Waals surface area contributed by atoms with Gasteiger partial charge in [-0.25, -0.2) is 18.9 Å². The van der Waals surface area contributed by atoms with Gasteiger partial charge < -0.3 is 14.5 Å². The van der Waals surface area contributed by atoms with E-state index in [9.17, 15) is 9.59 Å². The lowest BCUT2D eigenvalue weighted by Crippen LogP contribution is -2.32. The van der Waals surface area contributed by atoms with Crippen LogP contribution in [0.4, 0.5) is 0 Å². The molecule has 9 nitrogen and oxygen atoms in total. The Balaban J connectivity index is 1.56. The zero-order valence-corrected chi connectivity index (χ0v) is 15.2. The first-order valence-corrected chi connectivity index (χ1v) is 8.64. The molecule has 0 bridgehead atoms. The van der Waals surface area contributed by atoms with Crippen molar-refractivity contribution in [3.63, 3.8) is 0 Å². The van der Waals surface area contributed by atoms with Crippen LogP contribution in [0.1, 0.15) is 5.76 Å². The first-order chi connectivity index (χ1) is 13.6. The van der Waals surface area contributed by atoms with Gasteiger partial charge in [-0.3, -0.25) is 4.79 Å². The summed E-state index contributed by atoms with van der Waals surface area (Å²) >= 11 is 5.96. The number of fused-ring (bicyclic) bond motifs is 1. The Morgan fingerprint density at radius 2 is 2.18 bits per heavy atom. The number of furan rings is 1. The second kappa shape index (κ2) is 7.57. The third-order valence-corrected chi connectivity index (χ3v) is 4.05. The Kier molecular flexibility index (Phi) is 4.81. The number of aromatic nitrogens is 4. The minimum absolute atomic E-state index is 0.122. The second-order valence-corrected chi connectivity index (χ2v) is 6.22. The van der Waals surface area contributed by atoms with Crippen molar-refractivity contribution in [1.29, 1.82) is 0 Å². The number of hydrogen-bond donors (Lipinski definition) is 1. The highest BCUT2D eigenvalue weighted by Gasteiger charge is 2.15. The zero-order chi connectivity index (χ0) is 19.5.